The Kier molecular flexibility index (Phi) is 4.93. The van der Waals surface area contributed by atoms with E-state index >= 15 is 0 Å². The van der Waals surface area contributed by atoms with Crippen molar-refractivity contribution in [1.82, 2.24) is 0 Å². The van der Waals surface area contributed by atoms with E-state index in [-0.39, 0.29) is 30.8 Å². The first-order valence-corrected chi connectivity index (χ1v) is 7.28. The van der Waals surface area contributed by atoms with Gasteiger partial charge in [-0.05, 0) is 44.2 Å². The molecule has 0 amide bonds. The molecule has 0 atom stereocenters. The molecule has 1 aliphatic rings. The molecule has 6 nitrogen and oxygen atoms in total. The standard InChI is InChI=1S/C17H20O6/c1-9(5-7-13(18)19)4-6-11-15(20)14-12(8-23-17(14)21)10(2)16(11)22-3/h4,20H,5-8H2,1-3H3,(H,18,19)/p-2/b9-4+. The van der Waals surface area contributed by atoms with E-state index in [9.17, 15) is 19.8 Å². The van der Waals surface area contributed by atoms with Crippen molar-refractivity contribution in [3.8, 4) is 11.5 Å². The maximum atomic E-state index is 12.6. The van der Waals surface area contributed by atoms with Crippen LogP contribution in [0.3, 0.4) is 0 Å². The number of aliphatic carboxylic acids is 1. The highest BCUT2D eigenvalue weighted by molar-refractivity contribution is 5.97. The van der Waals surface area contributed by atoms with E-state index in [2.05, 4.69) is 0 Å². The SMILES string of the molecule is COc1c(C)c2c(c([O-])c1C/C=C(\C)CCC(=O)[O-])C(=O)OC2. The third-order valence-electron chi connectivity index (χ3n) is 4.00. The molecule has 2 rings (SSSR count). The van der Waals surface area contributed by atoms with Crippen LogP contribution in [0.1, 0.15) is 46.8 Å². The molecule has 0 saturated carbocycles. The van der Waals surface area contributed by atoms with E-state index in [1.54, 1.807) is 19.9 Å². The second-order valence-electron chi connectivity index (χ2n) is 5.52. The monoisotopic (exact) mass is 318 g/mol. The lowest BCUT2D eigenvalue weighted by molar-refractivity contribution is -0.305. The Morgan fingerprint density at radius 3 is 2.70 bits per heavy atom. The number of carbonyl (C=O) groups excluding carboxylic acids is 2. The minimum Gasteiger partial charge on any atom is -0.872 e. The molecule has 0 aliphatic carbocycles. The van der Waals surface area contributed by atoms with Gasteiger partial charge < -0.3 is 24.5 Å². The van der Waals surface area contributed by atoms with Crippen LogP contribution in [-0.2, 0) is 22.6 Å². The number of allylic oxidation sites excluding steroid dienone is 2. The second-order valence-corrected chi connectivity index (χ2v) is 5.52. The number of hydrogen-bond donors (Lipinski definition) is 0. The van der Waals surface area contributed by atoms with E-state index in [0.717, 1.165) is 11.1 Å². The normalized spacial score (nSPS) is 13.7. The molecule has 0 unspecified atom stereocenters. The molecule has 1 heterocycles. The maximum absolute atomic E-state index is 12.6. The second kappa shape index (κ2) is 6.73. The highest BCUT2D eigenvalue weighted by Crippen LogP contribution is 2.40. The predicted octanol–water partition coefficient (Wildman–Crippen LogP) is 0.767. The van der Waals surface area contributed by atoms with Gasteiger partial charge in [-0.3, -0.25) is 0 Å². The molecule has 0 N–H and O–H groups in total. The third-order valence-corrected chi connectivity index (χ3v) is 4.00. The molecular formula is C17H18O6-2. The van der Waals surface area contributed by atoms with Crippen LogP contribution in [0.5, 0.6) is 11.5 Å². The Bertz CT molecular complexity index is 687. The van der Waals surface area contributed by atoms with Crippen LogP contribution in [0, 0.1) is 6.92 Å². The van der Waals surface area contributed by atoms with Gasteiger partial charge in [0.05, 0.1) is 12.7 Å². The summed E-state index contributed by atoms with van der Waals surface area (Å²) in [7, 11) is 1.47. The molecule has 0 aromatic heterocycles. The summed E-state index contributed by atoms with van der Waals surface area (Å²) in [5.74, 6) is -1.64. The van der Waals surface area contributed by atoms with Gasteiger partial charge >= 0.3 is 5.97 Å². The lowest BCUT2D eigenvalue weighted by Gasteiger charge is -2.22. The Labute approximate surface area is 134 Å². The molecule has 124 valence electrons. The number of esters is 1. The molecule has 0 bridgehead atoms. The van der Waals surface area contributed by atoms with Crippen molar-refractivity contribution in [1.29, 1.82) is 0 Å². The summed E-state index contributed by atoms with van der Waals surface area (Å²) in [6.07, 6.45) is 2.32. The first-order chi connectivity index (χ1) is 10.9. The van der Waals surface area contributed by atoms with Crippen LogP contribution in [0.2, 0.25) is 0 Å². The van der Waals surface area contributed by atoms with E-state index in [1.165, 1.54) is 7.11 Å². The van der Waals surface area contributed by atoms with Gasteiger partial charge in [-0.1, -0.05) is 17.4 Å². The van der Waals surface area contributed by atoms with Crippen molar-refractivity contribution in [2.75, 3.05) is 7.11 Å². The van der Waals surface area contributed by atoms with Crippen LogP contribution in [-0.4, -0.2) is 19.0 Å². The minimum atomic E-state index is -1.11. The smallest absolute Gasteiger partial charge is 0.338 e. The van der Waals surface area contributed by atoms with Crippen LogP contribution >= 0.6 is 0 Å². The van der Waals surface area contributed by atoms with Gasteiger partial charge in [0.2, 0.25) is 0 Å². The lowest BCUT2D eigenvalue weighted by atomic mass is 9.94. The zero-order valence-electron chi connectivity index (χ0n) is 13.4. The summed E-state index contributed by atoms with van der Waals surface area (Å²) < 4.78 is 10.3. The quantitative estimate of drug-likeness (QED) is 0.567. The number of rotatable bonds is 6. The van der Waals surface area contributed by atoms with Crippen molar-refractivity contribution in [3.05, 3.63) is 33.9 Å². The summed E-state index contributed by atoms with van der Waals surface area (Å²) in [6, 6.07) is 0. The number of carbonyl (C=O) groups is 2. The fraction of sp³-hybridized carbons (Fsp3) is 0.412. The van der Waals surface area contributed by atoms with Gasteiger partial charge in [-0.25, -0.2) is 4.79 Å². The number of cyclic esters (lactones) is 1. The summed E-state index contributed by atoms with van der Waals surface area (Å²) in [5.41, 5.74) is 2.60. The van der Waals surface area contributed by atoms with Crippen molar-refractivity contribution < 1.29 is 29.3 Å². The fourth-order valence-electron chi connectivity index (χ4n) is 2.69. The highest BCUT2D eigenvalue weighted by Gasteiger charge is 2.28. The number of ether oxygens (including phenoxy) is 2. The molecule has 0 spiro atoms. The Hall–Kier alpha value is -2.50. The number of hydrogen-bond acceptors (Lipinski definition) is 6. The van der Waals surface area contributed by atoms with Gasteiger partial charge in [0.15, 0.2) is 0 Å². The molecule has 1 aliphatic heterocycles. The van der Waals surface area contributed by atoms with Crippen LogP contribution in [0.15, 0.2) is 11.6 Å². The van der Waals surface area contributed by atoms with Gasteiger partial charge in [0, 0.05) is 11.5 Å². The highest BCUT2D eigenvalue weighted by atomic mass is 16.5. The predicted molar refractivity (Wildman–Crippen MR) is 78.0 cm³/mol. The number of carboxylic acids is 1. The van der Waals surface area contributed by atoms with E-state index in [1.807, 2.05) is 0 Å². The molecule has 1 aromatic carbocycles. The topological polar surface area (TPSA) is 98.7 Å². The fourth-order valence-corrected chi connectivity index (χ4v) is 2.69. The Morgan fingerprint density at radius 1 is 1.39 bits per heavy atom. The maximum Gasteiger partial charge on any atom is 0.338 e. The zero-order chi connectivity index (χ0) is 17.1. The summed E-state index contributed by atoms with van der Waals surface area (Å²) in [5, 5.41) is 23.0. The average Bonchev–Trinajstić information content (AvgIpc) is 2.89. The molecular weight excluding hydrogens is 300 g/mol. The third kappa shape index (κ3) is 3.31. The van der Waals surface area contributed by atoms with Crippen molar-refractivity contribution in [3.63, 3.8) is 0 Å². The summed E-state index contributed by atoms with van der Waals surface area (Å²) in [6.45, 7) is 3.66. The molecule has 0 fully saturated rings. The first kappa shape index (κ1) is 16.9. The van der Waals surface area contributed by atoms with Gasteiger partial charge in [-0.15, -0.1) is 0 Å². The summed E-state index contributed by atoms with van der Waals surface area (Å²) in [4.78, 5) is 22.2. The number of benzene rings is 1. The Balaban J connectivity index is 2.37. The minimum absolute atomic E-state index is 0.0702. The molecule has 0 radical (unpaired) electrons. The molecule has 23 heavy (non-hydrogen) atoms. The van der Waals surface area contributed by atoms with Crippen LogP contribution in [0.4, 0.5) is 0 Å². The molecule has 6 heteroatoms. The van der Waals surface area contributed by atoms with Crippen LogP contribution in [0.25, 0.3) is 0 Å². The van der Waals surface area contributed by atoms with E-state index in [4.69, 9.17) is 9.47 Å². The van der Waals surface area contributed by atoms with E-state index in [0.29, 0.717) is 23.3 Å². The number of fused-ring (bicyclic) bond motifs is 1. The average molecular weight is 318 g/mol. The number of carboxylic acid groups (broad SMARTS) is 1. The van der Waals surface area contributed by atoms with Crippen molar-refractivity contribution >= 4 is 11.9 Å². The zero-order valence-corrected chi connectivity index (χ0v) is 13.4. The Morgan fingerprint density at radius 2 is 2.09 bits per heavy atom. The largest absolute Gasteiger partial charge is 0.872 e. The summed E-state index contributed by atoms with van der Waals surface area (Å²) >= 11 is 0. The molecule has 1 aromatic rings. The number of methoxy groups -OCH3 is 1. The van der Waals surface area contributed by atoms with Gasteiger partial charge in [0.25, 0.3) is 0 Å². The van der Waals surface area contributed by atoms with Gasteiger partial charge in [0.1, 0.15) is 12.4 Å². The molecule has 0 saturated heterocycles. The van der Waals surface area contributed by atoms with Crippen LogP contribution < -0.4 is 14.9 Å². The van der Waals surface area contributed by atoms with Gasteiger partial charge in [-0.2, -0.15) is 0 Å². The lowest BCUT2D eigenvalue weighted by Crippen LogP contribution is -2.21. The van der Waals surface area contributed by atoms with E-state index < -0.39 is 11.9 Å². The first-order valence-electron chi connectivity index (χ1n) is 7.28. The van der Waals surface area contributed by atoms with Crippen molar-refractivity contribution in [2.45, 2.75) is 39.7 Å². The van der Waals surface area contributed by atoms with Crippen molar-refractivity contribution in [2.24, 2.45) is 0 Å².